The fraction of sp³-hybridized carbons (Fsp3) is 0.381. The molecule has 2 rings (SSSR count). The predicted molar refractivity (Wildman–Crippen MR) is 102 cm³/mol. The zero-order valence-electron chi connectivity index (χ0n) is 15.3. The van der Waals surface area contributed by atoms with Gasteiger partial charge in [0.2, 0.25) is 0 Å². The lowest BCUT2D eigenvalue weighted by atomic mass is 10.0. The van der Waals surface area contributed by atoms with Crippen LogP contribution >= 0.6 is 0 Å². The number of pyridine rings is 1. The first kappa shape index (κ1) is 18.1. The van der Waals surface area contributed by atoms with Crippen molar-refractivity contribution in [2.75, 3.05) is 7.11 Å². The van der Waals surface area contributed by atoms with Crippen LogP contribution < -0.4 is 10.2 Å². The van der Waals surface area contributed by atoms with Crippen molar-refractivity contribution in [1.82, 2.24) is 4.98 Å². The molecule has 24 heavy (non-hydrogen) atoms. The van der Waals surface area contributed by atoms with Crippen molar-refractivity contribution in [1.29, 1.82) is 0 Å². The molecular weight excluding hydrogens is 298 g/mol. The van der Waals surface area contributed by atoms with Crippen LogP contribution in [0.25, 0.3) is 10.9 Å². The summed E-state index contributed by atoms with van der Waals surface area (Å²) in [7, 11) is 1.61. The molecule has 3 nitrogen and oxygen atoms in total. The quantitative estimate of drug-likeness (QED) is 0.752. The predicted octanol–water partition coefficient (Wildman–Crippen LogP) is 5.08. The van der Waals surface area contributed by atoms with E-state index >= 15 is 0 Å². The minimum Gasteiger partial charge on any atom is -0.497 e. The molecular formula is C21H27NO2. The van der Waals surface area contributed by atoms with Gasteiger partial charge in [0.05, 0.1) is 7.11 Å². The third-order valence-corrected chi connectivity index (χ3v) is 4.27. The summed E-state index contributed by atoms with van der Waals surface area (Å²) in [5, 5.41) is 0.686. The smallest absolute Gasteiger partial charge is 0.193 e. The topological polar surface area (TPSA) is 42.1 Å². The van der Waals surface area contributed by atoms with Crippen molar-refractivity contribution in [3.63, 3.8) is 0 Å². The first-order chi connectivity index (χ1) is 11.4. The van der Waals surface area contributed by atoms with Crippen LogP contribution in [0.3, 0.4) is 0 Å². The van der Waals surface area contributed by atoms with Crippen molar-refractivity contribution in [3.05, 3.63) is 63.0 Å². The maximum atomic E-state index is 12.8. The molecule has 1 heterocycles. The molecule has 0 saturated carbocycles. The number of hydrogen-bond donors (Lipinski definition) is 1. The molecule has 0 aliphatic heterocycles. The van der Waals surface area contributed by atoms with E-state index in [9.17, 15) is 4.79 Å². The van der Waals surface area contributed by atoms with E-state index in [1.54, 1.807) is 7.11 Å². The maximum absolute atomic E-state index is 12.8. The monoisotopic (exact) mass is 325 g/mol. The standard InChI is InChI=1S/C21H27NO2/c1-14(2)7-6-8-15(3)9-11-18-16(4)22-20-12-10-17(24-5)13-19(20)21(18)23/h7,9-10,12-13H,6,8,11H2,1-5H3,(H,22,23)/b15-9+. The number of methoxy groups -OCH3 is 1. The number of nitrogens with one attached hydrogen (secondary N) is 1. The number of aryl methyl sites for hydroxylation is 1. The molecule has 0 unspecified atom stereocenters. The number of benzene rings is 1. The third-order valence-electron chi connectivity index (χ3n) is 4.27. The number of H-pyrrole nitrogens is 1. The fourth-order valence-corrected chi connectivity index (χ4v) is 2.77. The average molecular weight is 325 g/mol. The summed E-state index contributed by atoms with van der Waals surface area (Å²) in [6, 6.07) is 5.57. The Morgan fingerprint density at radius 3 is 2.62 bits per heavy atom. The summed E-state index contributed by atoms with van der Waals surface area (Å²) in [6.07, 6.45) is 7.16. The summed E-state index contributed by atoms with van der Waals surface area (Å²) in [4.78, 5) is 16.2. The van der Waals surface area contributed by atoms with Crippen molar-refractivity contribution in [3.8, 4) is 5.75 Å². The first-order valence-electron chi connectivity index (χ1n) is 8.41. The van der Waals surface area contributed by atoms with Gasteiger partial charge >= 0.3 is 0 Å². The number of hydrogen-bond acceptors (Lipinski definition) is 2. The zero-order valence-corrected chi connectivity index (χ0v) is 15.3. The lowest BCUT2D eigenvalue weighted by Gasteiger charge is -2.08. The van der Waals surface area contributed by atoms with Gasteiger partial charge in [-0.3, -0.25) is 4.79 Å². The van der Waals surface area contributed by atoms with E-state index in [4.69, 9.17) is 4.74 Å². The molecule has 0 atom stereocenters. The Hall–Kier alpha value is -2.29. The van der Waals surface area contributed by atoms with Crippen LogP contribution in [0.4, 0.5) is 0 Å². The van der Waals surface area contributed by atoms with Gasteiger partial charge in [-0.25, -0.2) is 0 Å². The number of ether oxygens (including phenoxy) is 1. The maximum Gasteiger partial charge on any atom is 0.193 e. The highest BCUT2D eigenvalue weighted by Crippen LogP contribution is 2.19. The Morgan fingerprint density at radius 2 is 1.96 bits per heavy atom. The highest BCUT2D eigenvalue weighted by atomic mass is 16.5. The summed E-state index contributed by atoms with van der Waals surface area (Å²) in [5.74, 6) is 0.705. The molecule has 1 aromatic carbocycles. The van der Waals surface area contributed by atoms with Gasteiger partial charge in [0.15, 0.2) is 5.43 Å². The van der Waals surface area contributed by atoms with Gasteiger partial charge in [-0.1, -0.05) is 23.3 Å². The highest BCUT2D eigenvalue weighted by Gasteiger charge is 2.09. The minimum atomic E-state index is 0.0912. The molecule has 0 aliphatic carbocycles. The van der Waals surface area contributed by atoms with Crippen molar-refractivity contribution in [2.45, 2.75) is 47.0 Å². The second-order valence-corrected chi connectivity index (χ2v) is 6.54. The molecule has 1 N–H and O–H groups in total. The Labute approximate surface area is 144 Å². The first-order valence-corrected chi connectivity index (χ1v) is 8.41. The highest BCUT2D eigenvalue weighted by molar-refractivity contribution is 5.81. The third kappa shape index (κ3) is 4.38. The molecule has 0 spiro atoms. The van der Waals surface area contributed by atoms with Crippen LogP contribution in [0, 0.1) is 6.92 Å². The van der Waals surface area contributed by atoms with Crippen LogP contribution in [0.1, 0.15) is 44.9 Å². The second kappa shape index (κ2) is 8.00. The van der Waals surface area contributed by atoms with E-state index in [-0.39, 0.29) is 5.43 Å². The van der Waals surface area contributed by atoms with Gasteiger partial charge in [0.25, 0.3) is 0 Å². The number of fused-ring (bicyclic) bond motifs is 1. The van der Waals surface area contributed by atoms with Gasteiger partial charge in [-0.2, -0.15) is 0 Å². The van der Waals surface area contributed by atoms with E-state index in [2.05, 4.69) is 37.9 Å². The molecule has 2 aromatic rings. The van der Waals surface area contributed by atoms with Crippen molar-refractivity contribution < 1.29 is 4.74 Å². The normalized spacial score (nSPS) is 11.6. The van der Waals surface area contributed by atoms with E-state index in [0.717, 1.165) is 29.6 Å². The van der Waals surface area contributed by atoms with E-state index in [1.807, 2.05) is 25.1 Å². The van der Waals surface area contributed by atoms with Crippen LogP contribution in [0.15, 0.2) is 46.3 Å². The van der Waals surface area contributed by atoms with E-state index in [0.29, 0.717) is 17.6 Å². The molecule has 128 valence electrons. The Kier molecular flexibility index (Phi) is 6.02. The Bertz CT molecular complexity index is 837. The number of aromatic nitrogens is 1. The van der Waals surface area contributed by atoms with Crippen LogP contribution in [-0.2, 0) is 6.42 Å². The van der Waals surface area contributed by atoms with Gasteiger partial charge in [-0.05, 0) is 65.2 Å². The lowest BCUT2D eigenvalue weighted by Crippen LogP contribution is -2.13. The van der Waals surface area contributed by atoms with E-state index < -0.39 is 0 Å². The van der Waals surface area contributed by atoms with E-state index in [1.165, 1.54) is 11.1 Å². The molecule has 3 heteroatoms. The largest absolute Gasteiger partial charge is 0.497 e. The molecule has 0 bridgehead atoms. The number of aromatic amines is 1. The van der Waals surface area contributed by atoms with Crippen LogP contribution in [0.5, 0.6) is 5.75 Å². The molecule has 0 radical (unpaired) electrons. The number of rotatable bonds is 6. The van der Waals surface area contributed by atoms with Crippen molar-refractivity contribution >= 4 is 10.9 Å². The van der Waals surface area contributed by atoms with Gasteiger partial charge in [-0.15, -0.1) is 0 Å². The SMILES string of the molecule is COc1ccc2[nH]c(C)c(C/C=C(\C)CCC=C(C)C)c(=O)c2c1. The summed E-state index contributed by atoms with van der Waals surface area (Å²) in [6.45, 7) is 8.33. The molecule has 0 fully saturated rings. The average Bonchev–Trinajstić information content (AvgIpc) is 2.54. The molecule has 0 aliphatic rings. The second-order valence-electron chi connectivity index (χ2n) is 6.54. The Morgan fingerprint density at radius 1 is 1.21 bits per heavy atom. The molecule has 0 saturated heterocycles. The van der Waals surface area contributed by atoms with Crippen molar-refractivity contribution in [2.24, 2.45) is 0 Å². The molecule has 0 amide bonds. The zero-order chi connectivity index (χ0) is 17.7. The van der Waals surface area contributed by atoms with Gasteiger partial charge in [0.1, 0.15) is 5.75 Å². The summed E-state index contributed by atoms with van der Waals surface area (Å²) < 4.78 is 5.24. The van der Waals surface area contributed by atoms with Gasteiger partial charge in [0, 0.05) is 22.2 Å². The molecule has 1 aromatic heterocycles. The minimum absolute atomic E-state index is 0.0912. The fourth-order valence-electron chi connectivity index (χ4n) is 2.77. The van der Waals surface area contributed by atoms with Crippen LogP contribution in [-0.4, -0.2) is 12.1 Å². The van der Waals surface area contributed by atoms with Gasteiger partial charge < -0.3 is 9.72 Å². The summed E-state index contributed by atoms with van der Waals surface area (Å²) in [5.41, 5.74) is 5.37. The number of allylic oxidation sites excluding steroid dienone is 4. The van der Waals surface area contributed by atoms with Crippen LogP contribution in [0.2, 0.25) is 0 Å². The Balaban J connectivity index is 2.28. The lowest BCUT2D eigenvalue weighted by molar-refractivity contribution is 0.415. The summed E-state index contributed by atoms with van der Waals surface area (Å²) >= 11 is 0.